The number of aromatic nitrogens is 1. The van der Waals surface area contributed by atoms with Crippen molar-refractivity contribution in [1.29, 1.82) is 5.26 Å². The predicted octanol–water partition coefficient (Wildman–Crippen LogP) is 4.08. The fraction of sp³-hybridized carbons (Fsp3) is 0.364. The van der Waals surface area contributed by atoms with Crippen molar-refractivity contribution < 1.29 is 9.53 Å². The minimum absolute atomic E-state index is 0.0309. The highest BCUT2D eigenvalue weighted by Crippen LogP contribution is 2.30. The minimum Gasteiger partial charge on any atom is -0.479 e. The molecule has 27 heavy (non-hydrogen) atoms. The number of likely N-dealkylation sites (tertiary alicyclic amines) is 1. The molecule has 2 heterocycles. The molecule has 1 aliphatic heterocycles. The Balaban J connectivity index is 1.71. The van der Waals surface area contributed by atoms with Gasteiger partial charge in [0, 0.05) is 31.6 Å². The first-order valence-corrected chi connectivity index (χ1v) is 9.39. The summed E-state index contributed by atoms with van der Waals surface area (Å²) in [5.41, 5.74) is 2.12. The molecule has 1 aliphatic rings. The monoisotopic (exact) mass is 363 g/mol. The van der Waals surface area contributed by atoms with Crippen molar-refractivity contribution in [2.45, 2.75) is 31.7 Å². The van der Waals surface area contributed by atoms with Gasteiger partial charge < -0.3 is 14.2 Å². The Kier molecular flexibility index (Phi) is 6.32. The van der Waals surface area contributed by atoms with Crippen LogP contribution < -0.4 is 4.74 Å². The van der Waals surface area contributed by atoms with Crippen LogP contribution in [0.1, 0.15) is 43.0 Å². The Labute approximate surface area is 160 Å². The lowest BCUT2D eigenvalue weighted by Crippen LogP contribution is -2.34. The molecule has 140 valence electrons. The summed E-state index contributed by atoms with van der Waals surface area (Å²) in [5.74, 6) is 0.698. The largest absolute Gasteiger partial charge is 0.479 e. The van der Waals surface area contributed by atoms with Crippen molar-refractivity contribution in [2.75, 3.05) is 13.2 Å². The minimum atomic E-state index is 0.0309. The smallest absolute Gasteiger partial charge is 0.247 e. The summed E-state index contributed by atoms with van der Waals surface area (Å²) in [4.78, 5) is 14.9. The van der Waals surface area contributed by atoms with E-state index in [0.29, 0.717) is 5.75 Å². The van der Waals surface area contributed by atoms with E-state index < -0.39 is 0 Å². The van der Waals surface area contributed by atoms with Crippen molar-refractivity contribution in [2.24, 2.45) is 7.05 Å². The van der Waals surface area contributed by atoms with Crippen molar-refractivity contribution >= 4 is 12.0 Å². The summed E-state index contributed by atoms with van der Waals surface area (Å²) in [7, 11) is 2.04. The van der Waals surface area contributed by atoms with Gasteiger partial charge in [-0.05, 0) is 48.7 Å². The number of rotatable bonds is 5. The zero-order chi connectivity index (χ0) is 19.1. The van der Waals surface area contributed by atoms with Crippen LogP contribution in [0, 0.1) is 11.3 Å². The van der Waals surface area contributed by atoms with Gasteiger partial charge in [0.2, 0.25) is 5.91 Å². The van der Waals surface area contributed by atoms with E-state index in [1.165, 1.54) is 12.1 Å². The molecule has 0 aliphatic carbocycles. The van der Waals surface area contributed by atoms with Crippen LogP contribution in [0.15, 0.2) is 48.7 Å². The normalized spacial score (nSPS) is 17.5. The van der Waals surface area contributed by atoms with Crippen LogP contribution in [-0.4, -0.2) is 28.5 Å². The van der Waals surface area contributed by atoms with Crippen LogP contribution in [0.4, 0.5) is 0 Å². The molecule has 2 aromatic rings. The molecule has 1 saturated heterocycles. The maximum atomic E-state index is 12.9. The highest BCUT2D eigenvalue weighted by atomic mass is 16.5. The first-order valence-electron chi connectivity index (χ1n) is 9.39. The van der Waals surface area contributed by atoms with Crippen molar-refractivity contribution in [3.05, 3.63) is 59.9 Å². The van der Waals surface area contributed by atoms with Gasteiger partial charge in [-0.25, -0.2) is 0 Å². The van der Waals surface area contributed by atoms with Gasteiger partial charge >= 0.3 is 0 Å². The fourth-order valence-electron chi connectivity index (χ4n) is 3.55. The Morgan fingerprint density at radius 2 is 2.07 bits per heavy atom. The second-order valence-electron chi connectivity index (χ2n) is 6.79. The van der Waals surface area contributed by atoms with Crippen LogP contribution in [0.2, 0.25) is 0 Å². The molecule has 1 unspecified atom stereocenters. The number of amides is 1. The van der Waals surface area contributed by atoms with E-state index in [1.807, 2.05) is 48.5 Å². The van der Waals surface area contributed by atoms with Gasteiger partial charge in [-0.1, -0.05) is 25.0 Å². The van der Waals surface area contributed by atoms with Gasteiger partial charge in [0.15, 0.2) is 6.61 Å². The fourth-order valence-corrected chi connectivity index (χ4v) is 3.55. The van der Waals surface area contributed by atoms with Gasteiger partial charge in [-0.3, -0.25) is 4.79 Å². The van der Waals surface area contributed by atoms with E-state index in [4.69, 9.17) is 10.00 Å². The maximum absolute atomic E-state index is 12.9. The van der Waals surface area contributed by atoms with Crippen molar-refractivity contribution in [1.82, 2.24) is 9.47 Å². The Bertz CT molecular complexity index is 830. The molecular formula is C22H25N3O2. The quantitative estimate of drug-likeness (QED) is 0.752. The van der Waals surface area contributed by atoms with E-state index in [1.54, 1.807) is 18.2 Å². The van der Waals surface area contributed by atoms with Gasteiger partial charge in [-0.15, -0.1) is 0 Å². The lowest BCUT2D eigenvalue weighted by atomic mass is 10.1. The second kappa shape index (κ2) is 9.09. The van der Waals surface area contributed by atoms with Crippen molar-refractivity contribution in [3.63, 3.8) is 0 Å². The average molecular weight is 363 g/mol. The molecule has 5 nitrogen and oxygen atoms in total. The summed E-state index contributed by atoms with van der Waals surface area (Å²) in [5, 5.41) is 8.55. The SMILES string of the molecule is Cn1cccc1C1CCCCCN1C(=O)/C=C/c1ccc(OCC#N)cc1. The molecule has 0 bridgehead atoms. The Morgan fingerprint density at radius 3 is 2.78 bits per heavy atom. The van der Waals surface area contributed by atoms with Crippen molar-refractivity contribution in [3.8, 4) is 11.8 Å². The standard InChI is InChI=1S/C22H25N3O2/c1-24-15-5-7-20(24)21-6-3-2-4-16-25(21)22(26)13-10-18-8-11-19(12-9-18)27-17-14-23/h5,7-13,15,21H,2-4,6,16-17H2,1H3/b13-10+. The van der Waals surface area contributed by atoms with Gasteiger partial charge in [-0.2, -0.15) is 5.26 Å². The summed E-state index contributed by atoms with van der Waals surface area (Å²) in [6.45, 7) is 0.823. The first-order chi connectivity index (χ1) is 13.2. The van der Waals surface area contributed by atoms with Gasteiger partial charge in [0.1, 0.15) is 11.8 Å². The Hall–Kier alpha value is -3.00. The number of carbonyl (C=O) groups is 1. The molecule has 3 rings (SSSR count). The first kappa shape index (κ1) is 18.8. The zero-order valence-corrected chi connectivity index (χ0v) is 15.7. The van der Waals surface area contributed by atoms with E-state index >= 15 is 0 Å². The zero-order valence-electron chi connectivity index (χ0n) is 15.7. The third-order valence-corrected chi connectivity index (χ3v) is 4.96. The summed E-state index contributed by atoms with van der Waals surface area (Å²) in [6.07, 6.45) is 9.89. The highest BCUT2D eigenvalue weighted by molar-refractivity contribution is 5.92. The molecule has 0 radical (unpaired) electrons. The molecule has 0 N–H and O–H groups in total. The number of nitrogens with zero attached hydrogens (tertiary/aromatic N) is 3. The molecule has 5 heteroatoms. The second-order valence-corrected chi connectivity index (χ2v) is 6.79. The number of nitriles is 1. The third kappa shape index (κ3) is 4.79. The van der Waals surface area contributed by atoms with E-state index in [2.05, 4.69) is 10.6 Å². The highest BCUT2D eigenvalue weighted by Gasteiger charge is 2.26. The summed E-state index contributed by atoms with van der Waals surface area (Å²) < 4.78 is 7.36. The lowest BCUT2D eigenvalue weighted by molar-refractivity contribution is -0.128. The number of carbonyl (C=O) groups excluding carboxylic acids is 1. The van der Waals surface area contributed by atoms with Gasteiger partial charge in [0.25, 0.3) is 0 Å². The molecule has 1 atom stereocenters. The molecule has 1 aromatic carbocycles. The number of benzene rings is 1. The number of aryl methyl sites for hydroxylation is 1. The van der Waals surface area contributed by atoms with Crippen LogP contribution in [0.5, 0.6) is 5.75 Å². The van der Waals surface area contributed by atoms with E-state index in [-0.39, 0.29) is 18.6 Å². The van der Waals surface area contributed by atoms with E-state index in [9.17, 15) is 4.79 Å². The molecule has 0 saturated carbocycles. The van der Waals surface area contributed by atoms with Crippen LogP contribution in [0.3, 0.4) is 0 Å². The molecular weight excluding hydrogens is 338 g/mol. The maximum Gasteiger partial charge on any atom is 0.247 e. The third-order valence-electron chi connectivity index (χ3n) is 4.96. The predicted molar refractivity (Wildman–Crippen MR) is 105 cm³/mol. The molecule has 1 aromatic heterocycles. The van der Waals surface area contributed by atoms with Crippen LogP contribution >= 0.6 is 0 Å². The average Bonchev–Trinajstić information content (AvgIpc) is 2.97. The molecule has 1 amide bonds. The number of hydrogen-bond acceptors (Lipinski definition) is 3. The Morgan fingerprint density at radius 1 is 1.26 bits per heavy atom. The van der Waals surface area contributed by atoms with Crippen LogP contribution in [0.25, 0.3) is 6.08 Å². The topological polar surface area (TPSA) is 58.3 Å². The summed E-state index contributed by atoms with van der Waals surface area (Å²) in [6, 6.07) is 13.6. The number of ether oxygens (including phenoxy) is 1. The van der Waals surface area contributed by atoms with Crippen LogP contribution in [-0.2, 0) is 11.8 Å². The number of hydrogen-bond donors (Lipinski definition) is 0. The van der Waals surface area contributed by atoms with E-state index in [0.717, 1.165) is 31.4 Å². The van der Waals surface area contributed by atoms with Gasteiger partial charge in [0.05, 0.1) is 6.04 Å². The molecule has 1 fully saturated rings. The molecule has 0 spiro atoms. The summed E-state index contributed by atoms with van der Waals surface area (Å²) >= 11 is 0. The lowest BCUT2D eigenvalue weighted by Gasteiger charge is -2.29.